The lowest BCUT2D eigenvalue weighted by molar-refractivity contribution is -0.138. The van der Waals surface area contributed by atoms with Crippen LogP contribution in [0.3, 0.4) is 0 Å². The van der Waals surface area contributed by atoms with Crippen molar-refractivity contribution in [1.29, 1.82) is 0 Å². The molecule has 452 valence electrons. The van der Waals surface area contributed by atoms with Gasteiger partial charge in [-0.3, -0.25) is 19.4 Å². The number of thiocarbonyl (C=S) groups is 1. The maximum absolute atomic E-state index is 14.3. The van der Waals surface area contributed by atoms with Crippen molar-refractivity contribution in [3.63, 3.8) is 0 Å². The van der Waals surface area contributed by atoms with E-state index in [0.29, 0.717) is 101 Å². The van der Waals surface area contributed by atoms with Crippen molar-refractivity contribution in [3.05, 3.63) is 132 Å². The Hall–Kier alpha value is -8.25. The molecular weight excluding hydrogens is 1120 g/mol. The number of alkyl halides is 6. The molecule has 2 aliphatic rings. The van der Waals surface area contributed by atoms with Gasteiger partial charge in [-0.05, 0) is 149 Å². The van der Waals surface area contributed by atoms with Crippen molar-refractivity contribution in [2.75, 3.05) is 73.3 Å². The van der Waals surface area contributed by atoms with Gasteiger partial charge in [0.05, 0.1) is 57.5 Å². The van der Waals surface area contributed by atoms with Crippen LogP contribution in [0.1, 0.15) is 72.9 Å². The number of piperidine rings is 2. The van der Waals surface area contributed by atoms with Crippen molar-refractivity contribution in [1.82, 2.24) is 29.3 Å². The van der Waals surface area contributed by atoms with E-state index in [1.54, 1.807) is 71.5 Å². The lowest BCUT2D eigenvalue weighted by Gasteiger charge is -2.29. The largest absolute Gasteiger partial charge is 0.457 e. The second-order valence-electron chi connectivity index (χ2n) is 19.3. The van der Waals surface area contributed by atoms with Crippen LogP contribution >= 0.6 is 12.2 Å². The molecule has 2 fully saturated rings. The van der Waals surface area contributed by atoms with Crippen LogP contribution in [0.2, 0.25) is 0 Å². The summed E-state index contributed by atoms with van der Waals surface area (Å²) in [6.45, 7) is 8.89. The number of carbonyl (C=O) groups is 2. The summed E-state index contributed by atoms with van der Waals surface area (Å²) in [5.74, 6) is 2.60. The maximum atomic E-state index is 14.3. The summed E-state index contributed by atoms with van der Waals surface area (Å²) in [7, 11) is 3.47. The highest BCUT2D eigenvalue weighted by Crippen LogP contribution is 2.36. The fourth-order valence-electron chi connectivity index (χ4n) is 8.50. The van der Waals surface area contributed by atoms with Gasteiger partial charge in [0, 0.05) is 50.8 Å². The van der Waals surface area contributed by atoms with Gasteiger partial charge in [-0.25, -0.2) is 23.7 Å². The highest BCUT2D eigenvalue weighted by atomic mass is 32.1. The summed E-state index contributed by atoms with van der Waals surface area (Å²) in [6.07, 6.45) is -1.54. The number of fused-ring (bicyclic) bond motifs is 1. The summed E-state index contributed by atoms with van der Waals surface area (Å²) >= 11 is 4.17. The molecule has 0 radical (unpaired) electrons. The molecule has 0 unspecified atom stereocenters. The molecule has 84 heavy (non-hydrogen) atoms. The number of carbonyl (C=O) groups excluding carboxylic acids is 2. The van der Waals surface area contributed by atoms with Gasteiger partial charge in [0.25, 0.3) is 0 Å². The summed E-state index contributed by atoms with van der Waals surface area (Å²) in [6, 6.07) is 21.3. The first kappa shape index (κ1) is 68.3. The normalized spacial score (nSPS) is 13.8. The van der Waals surface area contributed by atoms with E-state index in [2.05, 4.69) is 77.1 Å². The van der Waals surface area contributed by atoms with Gasteiger partial charge in [-0.15, -0.1) is 0 Å². The lowest BCUT2D eigenvalue weighted by Crippen LogP contribution is -2.38. The molecular formula is C59H70F8N12O4S. The topological polar surface area (TPSA) is 189 Å². The number of hydrogen-bond acceptors (Lipinski definition) is 14. The fraction of sp³-hybridized carbons (Fsp3) is 0.356. The summed E-state index contributed by atoms with van der Waals surface area (Å²) < 4.78 is 116. The van der Waals surface area contributed by atoms with Gasteiger partial charge in [-0.1, -0.05) is 36.1 Å². The smallest absolute Gasteiger partial charge is 0.416 e. The number of amides is 2. The zero-order valence-corrected chi connectivity index (χ0v) is 45.2. The van der Waals surface area contributed by atoms with Crippen LogP contribution in [0, 0.1) is 23.5 Å². The molecule has 6 N–H and O–H groups in total. The summed E-state index contributed by atoms with van der Waals surface area (Å²) in [4.78, 5) is 45.1. The van der Waals surface area contributed by atoms with E-state index in [0.717, 1.165) is 69.5 Å². The fourth-order valence-corrected chi connectivity index (χ4v) is 8.60. The third-order valence-electron chi connectivity index (χ3n) is 13.1. The number of nitrogen functional groups attached to an aromatic ring is 1. The lowest BCUT2D eigenvalue weighted by atomic mass is 9.99. The summed E-state index contributed by atoms with van der Waals surface area (Å²) in [5, 5.41) is 13.1. The van der Waals surface area contributed by atoms with Crippen molar-refractivity contribution >= 4 is 80.6 Å². The number of aryl methyl sites for hydroxylation is 1. The van der Waals surface area contributed by atoms with E-state index < -0.39 is 40.8 Å². The number of rotatable bonds is 14. The number of halogens is 8. The third kappa shape index (κ3) is 19.7. The zero-order valence-electron chi connectivity index (χ0n) is 44.4. The van der Waals surface area contributed by atoms with Crippen molar-refractivity contribution in [2.24, 2.45) is 23.9 Å². The number of ether oxygens (including phenoxy) is 2. The number of imidazole rings is 1. The van der Waals surface area contributed by atoms with Crippen LogP contribution in [0.4, 0.5) is 75.5 Å². The van der Waals surface area contributed by atoms with Gasteiger partial charge in [-0.2, -0.15) is 31.3 Å². The Bertz CT molecular complexity index is 3360. The molecule has 5 heterocycles. The van der Waals surface area contributed by atoms with Gasteiger partial charge in [0.2, 0.25) is 17.8 Å². The number of anilines is 6. The molecule has 7 aromatic rings. The first-order chi connectivity index (χ1) is 38.5. The number of nitrogens with zero attached hydrogens (tertiary/aromatic N) is 7. The molecule has 2 saturated heterocycles. The van der Waals surface area contributed by atoms with Crippen molar-refractivity contribution in [2.45, 2.75) is 74.2 Å². The second kappa shape index (κ2) is 30.9. The zero-order chi connectivity index (χ0) is 58.4. The van der Waals surface area contributed by atoms with Crippen LogP contribution in [-0.4, -0.2) is 92.6 Å². The number of nitrogens with two attached hydrogens (primary N) is 1. The molecule has 2 aliphatic heterocycles. The van der Waals surface area contributed by atoms with Crippen molar-refractivity contribution in [3.8, 4) is 23.0 Å². The van der Waals surface area contributed by atoms with E-state index in [1.165, 1.54) is 6.20 Å². The monoisotopic (exact) mass is 1190 g/mol. The molecule has 0 aliphatic carbocycles. The average molecular weight is 1200 g/mol. The first-order valence-corrected chi connectivity index (χ1v) is 25.9. The number of aliphatic imine (C=N–C) groups is 1. The Kier molecular flexibility index (Phi) is 25.1. The number of nitrogens with one attached hydrogen (secondary N) is 4. The molecule has 25 heteroatoms. The predicted molar refractivity (Wildman–Crippen MR) is 318 cm³/mol. The summed E-state index contributed by atoms with van der Waals surface area (Å²) in [5.41, 5.74) is 5.80. The molecule has 0 atom stereocenters. The first-order valence-electron chi connectivity index (χ1n) is 25.5. The SMILES string of the molecule is C.C.C.CC1CCN(CC(=O)Nc2cc(Oc3ccc4c(c3)nc(Nc3cc(C(F)(F)F)ccc3F)n4C)ccn2)CC1.CNc1ccc(Oc2ccnc(NC(=O)CN3CCC(C)CC3)c2)cc1N.Fc1ccc(C(F)(F)F)cc1N=C=S. The van der Waals surface area contributed by atoms with E-state index in [4.69, 9.17) is 15.2 Å². The quantitative estimate of drug-likeness (QED) is 0.0300. The Morgan fingerprint density at radius 3 is 1.63 bits per heavy atom. The number of isothiocyanates is 1. The second-order valence-corrected chi connectivity index (χ2v) is 19.5. The molecule has 16 nitrogen and oxygen atoms in total. The highest BCUT2D eigenvalue weighted by molar-refractivity contribution is 7.78. The van der Waals surface area contributed by atoms with Gasteiger partial charge >= 0.3 is 12.4 Å². The molecule has 0 spiro atoms. The molecule has 3 aromatic heterocycles. The Labute approximate surface area is 488 Å². The Morgan fingerprint density at radius 1 is 0.667 bits per heavy atom. The van der Waals surface area contributed by atoms with Crippen molar-refractivity contribution < 1.29 is 54.2 Å². The maximum Gasteiger partial charge on any atom is 0.416 e. The average Bonchev–Trinajstić information content (AvgIpc) is 3.24. The van der Waals surface area contributed by atoms with Gasteiger partial charge < -0.3 is 41.0 Å². The Morgan fingerprint density at radius 2 is 1.14 bits per heavy atom. The number of hydrogen-bond donors (Lipinski definition) is 5. The molecule has 0 saturated carbocycles. The van der Waals surface area contributed by atoms with E-state index in [9.17, 15) is 44.7 Å². The minimum Gasteiger partial charge on any atom is -0.457 e. The van der Waals surface area contributed by atoms with Crippen LogP contribution in [0.15, 0.2) is 114 Å². The van der Waals surface area contributed by atoms with E-state index >= 15 is 0 Å². The standard InChI is InChI=1S/C28H28F4N6O2.C20H27N5O2.C8H3F4NS.3CH4/c1-17-8-11-38(12-9-17)16-26(39)36-25-15-20(7-10-33-25)40-19-4-6-24-23(14-19)35-27(37(24)2)34-22-13-18(28(30,31)32)3-5-21(22)29;1-14-6-9-25(10-7-14)13-20(26)24-19-12-16(5-8-23-19)27-15-3-4-18(22-2)17(21)11-15;9-6-2-1-5(8(10,11)12)3-7(6)13-4-14;;;/h3-7,10,13-15,17H,8-9,11-12,16H2,1-2H3,(H,34,35)(H,33,36,39);3-5,8,11-12,14,22H,6-7,9-10,13,21H2,1-2H3,(H,23,24,26);1-3H;3*1H4. The van der Waals surface area contributed by atoms with Crippen LogP contribution in [0.25, 0.3) is 11.0 Å². The van der Waals surface area contributed by atoms with Gasteiger partial charge in [0.1, 0.15) is 52.0 Å². The minimum atomic E-state index is -4.61. The Balaban J connectivity index is 0.000000297. The number of pyridine rings is 2. The van der Waals surface area contributed by atoms with Gasteiger partial charge in [0.15, 0.2) is 0 Å². The molecule has 0 bridgehead atoms. The number of benzene rings is 4. The molecule has 4 aromatic carbocycles. The van der Waals surface area contributed by atoms with E-state index in [1.807, 2.05) is 19.2 Å². The molecule has 2 amide bonds. The number of aromatic nitrogens is 4. The minimum absolute atomic E-state index is 0. The van der Waals surface area contributed by atoms with Crippen LogP contribution in [-0.2, 0) is 29.0 Å². The predicted octanol–water partition coefficient (Wildman–Crippen LogP) is 15.0. The highest BCUT2D eigenvalue weighted by Gasteiger charge is 2.32. The van der Waals surface area contributed by atoms with E-state index in [-0.39, 0.29) is 45.7 Å². The van der Waals surface area contributed by atoms with Crippen LogP contribution < -0.4 is 36.5 Å². The molecule has 9 rings (SSSR count). The van der Waals surface area contributed by atoms with Crippen LogP contribution in [0.5, 0.6) is 23.0 Å². The number of likely N-dealkylation sites (tertiary alicyclic amines) is 2. The third-order valence-corrected chi connectivity index (χ3v) is 13.2.